The monoisotopic (exact) mass is 464 g/mol. The number of nitrogens with zero attached hydrogens (tertiary/aromatic N) is 1. The summed E-state index contributed by atoms with van der Waals surface area (Å²) in [6, 6.07) is 13.8. The van der Waals surface area contributed by atoms with Crippen molar-refractivity contribution in [1.82, 2.24) is 10.2 Å². The lowest BCUT2D eigenvalue weighted by Crippen LogP contribution is -2.48. The first kappa shape index (κ1) is 25.0. The molecule has 2 rings (SSSR count). The van der Waals surface area contributed by atoms with Crippen molar-refractivity contribution in [2.24, 2.45) is 5.92 Å². The van der Waals surface area contributed by atoms with Gasteiger partial charge in [-0.15, -0.1) is 0 Å². The molecule has 0 aliphatic heterocycles. The first-order valence-corrected chi connectivity index (χ1v) is 11.2. The molecule has 0 aliphatic rings. The van der Waals surface area contributed by atoms with Crippen LogP contribution in [0.5, 0.6) is 5.75 Å². The molecular weight excluding hydrogens is 435 g/mol. The van der Waals surface area contributed by atoms with Crippen molar-refractivity contribution in [2.45, 2.75) is 46.2 Å². The molecule has 0 spiro atoms. The van der Waals surface area contributed by atoms with Crippen molar-refractivity contribution in [3.8, 4) is 5.75 Å². The van der Waals surface area contributed by atoms with Gasteiger partial charge < -0.3 is 15.0 Å². The minimum Gasteiger partial charge on any atom is -0.494 e. The molecule has 31 heavy (non-hydrogen) atoms. The van der Waals surface area contributed by atoms with Gasteiger partial charge in [0.15, 0.2) is 0 Å². The van der Waals surface area contributed by atoms with Gasteiger partial charge in [0.05, 0.1) is 6.61 Å². The molecule has 2 aromatic carbocycles. The first-order valence-electron chi connectivity index (χ1n) is 10.5. The molecule has 1 N–H and O–H groups in total. The lowest BCUT2D eigenvalue weighted by atomic mass is 10.1. The number of rotatable bonds is 11. The van der Waals surface area contributed by atoms with E-state index in [0.29, 0.717) is 41.3 Å². The summed E-state index contributed by atoms with van der Waals surface area (Å²) < 4.78 is 5.67. The van der Waals surface area contributed by atoms with Gasteiger partial charge in [-0.3, -0.25) is 9.59 Å². The summed E-state index contributed by atoms with van der Waals surface area (Å²) in [7, 11) is 0. The van der Waals surface area contributed by atoms with E-state index in [9.17, 15) is 9.59 Å². The predicted octanol–water partition coefficient (Wildman–Crippen LogP) is 5.34. The van der Waals surface area contributed by atoms with Crippen LogP contribution in [0.25, 0.3) is 0 Å². The number of hydrogen-bond acceptors (Lipinski definition) is 3. The molecule has 0 radical (unpaired) electrons. The summed E-state index contributed by atoms with van der Waals surface area (Å²) in [5, 5.41) is 4.12. The molecule has 168 valence electrons. The highest BCUT2D eigenvalue weighted by Gasteiger charge is 2.26. The number of benzene rings is 2. The van der Waals surface area contributed by atoms with Crippen molar-refractivity contribution in [2.75, 3.05) is 13.2 Å². The minimum absolute atomic E-state index is 0.119. The second-order valence-electron chi connectivity index (χ2n) is 7.83. The van der Waals surface area contributed by atoms with Crippen molar-refractivity contribution < 1.29 is 14.3 Å². The van der Waals surface area contributed by atoms with Crippen LogP contribution >= 0.6 is 23.2 Å². The smallest absolute Gasteiger partial charge is 0.242 e. The van der Waals surface area contributed by atoms with Crippen LogP contribution in [0.3, 0.4) is 0 Å². The van der Waals surface area contributed by atoms with Gasteiger partial charge >= 0.3 is 0 Å². The highest BCUT2D eigenvalue weighted by atomic mass is 35.5. The Morgan fingerprint density at radius 3 is 2.35 bits per heavy atom. The van der Waals surface area contributed by atoms with Gasteiger partial charge in [0.25, 0.3) is 0 Å². The molecule has 2 aromatic rings. The Labute approximate surface area is 194 Å². The Kier molecular flexibility index (Phi) is 10.2. The molecule has 0 heterocycles. The Bertz CT molecular complexity index is 856. The lowest BCUT2D eigenvalue weighted by Gasteiger charge is -2.29. The van der Waals surface area contributed by atoms with E-state index in [-0.39, 0.29) is 24.8 Å². The largest absolute Gasteiger partial charge is 0.494 e. The lowest BCUT2D eigenvalue weighted by molar-refractivity contribution is -0.140. The van der Waals surface area contributed by atoms with E-state index in [4.69, 9.17) is 27.9 Å². The zero-order valence-corrected chi connectivity index (χ0v) is 19.7. The second-order valence-corrected chi connectivity index (χ2v) is 8.68. The Morgan fingerprint density at radius 2 is 1.71 bits per heavy atom. The summed E-state index contributed by atoms with van der Waals surface area (Å²) in [4.78, 5) is 27.2. The quantitative estimate of drug-likeness (QED) is 0.456. The number of hydrogen-bond donors (Lipinski definition) is 1. The molecule has 0 saturated carbocycles. The van der Waals surface area contributed by atoms with Crippen LogP contribution in [-0.2, 0) is 16.1 Å². The summed E-state index contributed by atoms with van der Waals surface area (Å²) >= 11 is 12.2. The predicted molar refractivity (Wildman–Crippen MR) is 125 cm³/mol. The van der Waals surface area contributed by atoms with E-state index >= 15 is 0 Å². The Morgan fingerprint density at radius 1 is 1.03 bits per heavy atom. The van der Waals surface area contributed by atoms with Crippen LogP contribution in [0.15, 0.2) is 48.5 Å². The number of carbonyl (C=O) groups is 2. The number of carbonyl (C=O) groups excluding carboxylic acids is 2. The molecule has 0 fully saturated rings. The summed E-state index contributed by atoms with van der Waals surface area (Å²) in [6.45, 7) is 7.02. The third kappa shape index (κ3) is 8.42. The first-order chi connectivity index (χ1) is 14.8. The standard InChI is InChI=1S/C24H30Cl2N2O3/c1-17(2)15-27-24(30)18(3)28(16-19-7-4-5-8-22(19)26)23(29)9-6-14-31-21-12-10-20(25)11-13-21/h4-5,7-8,10-13,17-18H,6,9,14-16H2,1-3H3,(H,27,30)/t18-/m0/s1. The van der Waals surface area contributed by atoms with Crippen molar-refractivity contribution in [3.63, 3.8) is 0 Å². The van der Waals surface area contributed by atoms with Crippen molar-refractivity contribution in [3.05, 3.63) is 64.1 Å². The third-order valence-electron chi connectivity index (χ3n) is 4.77. The maximum absolute atomic E-state index is 13.0. The van der Waals surface area contributed by atoms with Gasteiger partial charge in [-0.1, -0.05) is 55.2 Å². The van der Waals surface area contributed by atoms with Crippen molar-refractivity contribution >= 4 is 35.0 Å². The summed E-state index contributed by atoms with van der Waals surface area (Å²) in [6.07, 6.45) is 0.792. The van der Waals surface area contributed by atoms with Crippen LogP contribution in [0.2, 0.25) is 10.0 Å². The van der Waals surface area contributed by atoms with Gasteiger partial charge in [-0.05, 0) is 55.2 Å². The van der Waals surface area contributed by atoms with E-state index in [1.807, 2.05) is 32.0 Å². The fourth-order valence-corrected chi connectivity index (χ4v) is 3.25. The van der Waals surface area contributed by atoms with Gasteiger partial charge in [-0.25, -0.2) is 0 Å². The molecule has 5 nitrogen and oxygen atoms in total. The maximum Gasteiger partial charge on any atom is 0.242 e. The maximum atomic E-state index is 13.0. The van der Waals surface area contributed by atoms with Crippen LogP contribution in [0.1, 0.15) is 39.2 Å². The van der Waals surface area contributed by atoms with Crippen LogP contribution in [-0.4, -0.2) is 35.9 Å². The molecule has 7 heteroatoms. The molecule has 0 bridgehead atoms. The van der Waals surface area contributed by atoms with Crippen molar-refractivity contribution in [1.29, 1.82) is 0 Å². The van der Waals surface area contributed by atoms with Gasteiger partial charge in [0.1, 0.15) is 11.8 Å². The molecule has 2 amide bonds. The van der Waals surface area contributed by atoms with E-state index in [1.165, 1.54) is 0 Å². The van der Waals surface area contributed by atoms with Gasteiger partial charge in [0, 0.05) is 29.6 Å². The number of amides is 2. The molecule has 1 atom stereocenters. The van der Waals surface area contributed by atoms with E-state index < -0.39 is 6.04 Å². The van der Waals surface area contributed by atoms with Crippen LogP contribution < -0.4 is 10.1 Å². The molecule has 0 aliphatic carbocycles. The Balaban J connectivity index is 2.00. The normalized spacial score (nSPS) is 11.8. The summed E-state index contributed by atoms with van der Waals surface area (Å²) in [5.41, 5.74) is 0.804. The van der Waals surface area contributed by atoms with E-state index in [2.05, 4.69) is 5.32 Å². The zero-order valence-electron chi connectivity index (χ0n) is 18.2. The second kappa shape index (κ2) is 12.6. The van der Waals surface area contributed by atoms with E-state index in [1.54, 1.807) is 42.2 Å². The number of nitrogens with one attached hydrogen (secondary N) is 1. The zero-order chi connectivity index (χ0) is 22.8. The number of ether oxygens (including phenoxy) is 1. The fourth-order valence-electron chi connectivity index (χ4n) is 2.93. The highest BCUT2D eigenvalue weighted by Crippen LogP contribution is 2.20. The fraction of sp³-hybridized carbons (Fsp3) is 0.417. The molecule has 0 unspecified atom stereocenters. The number of halogens is 2. The Hall–Kier alpha value is -2.24. The SMILES string of the molecule is CC(C)CNC(=O)[C@H](C)N(Cc1ccccc1Cl)C(=O)CCCOc1ccc(Cl)cc1. The minimum atomic E-state index is -0.611. The van der Waals surface area contributed by atoms with Crippen LogP contribution in [0.4, 0.5) is 0 Å². The average Bonchev–Trinajstić information content (AvgIpc) is 2.75. The molecule has 0 saturated heterocycles. The average molecular weight is 465 g/mol. The van der Waals surface area contributed by atoms with Crippen LogP contribution in [0, 0.1) is 5.92 Å². The third-order valence-corrected chi connectivity index (χ3v) is 5.39. The van der Waals surface area contributed by atoms with Gasteiger partial charge in [-0.2, -0.15) is 0 Å². The molecular formula is C24H30Cl2N2O3. The van der Waals surface area contributed by atoms with Gasteiger partial charge in [0.2, 0.25) is 11.8 Å². The van der Waals surface area contributed by atoms with E-state index in [0.717, 1.165) is 5.56 Å². The highest BCUT2D eigenvalue weighted by molar-refractivity contribution is 6.31. The summed E-state index contributed by atoms with van der Waals surface area (Å²) in [5.74, 6) is 0.735. The topological polar surface area (TPSA) is 58.6 Å². The molecule has 0 aromatic heterocycles.